The maximum atomic E-state index is 11.4. The van der Waals surface area contributed by atoms with Crippen LogP contribution >= 0.6 is 24.0 Å². The van der Waals surface area contributed by atoms with Crippen molar-refractivity contribution >= 4 is 40.0 Å². The summed E-state index contributed by atoms with van der Waals surface area (Å²) in [4.78, 5) is 4.66. The third-order valence-electron chi connectivity index (χ3n) is 4.80. The maximum Gasteiger partial charge on any atom is 0.238 e. The zero-order chi connectivity index (χ0) is 18.8. The van der Waals surface area contributed by atoms with Crippen LogP contribution in [-0.2, 0) is 16.6 Å². The predicted octanol–water partition coefficient (Wildman–Crippen LogP) is 3.37. The van der Waals surface area contributed by atoms with Crippen LogP contribution in [0.5, 0.6) is 0 Å². The molecule has 2 rings (SSSR count). The van der Waals surface area contributed by atoms with E-state index in [9.17, 15) is 8.42 Å². The van der Waals surface area contributed by atoms with Crippen molar-refractivity contribution in [2.75, 3.05) is 13.1 Å². The van der Waals surface area contributed by atoms with Gasteiger partial charge < -0.3 is 10.6 Å². The molecule has 1 saturated carbocycles. The third-order valence-corrected chi connectivity index (χ3v) is 5.71. The van der Waals surface area contributed by atoms with Crippen LogP contribution in [0.2, 0.25) is 0 Å². The summed E-state index contributed by atoms with van der Waals surface area (Å²) in [6.45, 7) is 4.11. The van der Waals surface area contributed by atoms with Crippen molar-refractivity contribution in [3.05, 3.63) is 29.8 Å². The molecule has 1 aliphatic rings. The topological polar surface area (TPSA) is 96.6 Å². The highest BCUT2D eigenvalue weighted by Crippen LogP contribution is 2.28. The molecule has 1 aliphatic carbocycles. The molecule has 8 heteroatoms. The number of rotatable bonds is 9. The molecule has 0 aromatic heterocycles. The van der Waals surface area contributed by atoms with Gasteiger partial charge in [0, 0.05) is 13.1 Å². The molecule has 0 bridgehead atoms. The Balaban J connectivity index is 0.00000364. The Morgan fingerprint density at radius 2 is 1.96 bits per heavy atom. The molecule has 0 amide bonds. The molecule has 0 unspecified atom stereocenters. The molecule has 27 heavy (non-hydrogen) atoms. The van der Waals surface area contributed by atoms with Gasteiger partial charge in [0.2, 0.25) is 10.0 Å². The van der Waals surface area contributed by atoms with Gasteiger partial charge in [-0.05, 0) is 37.0 Å². The Morgan fingerprint density at radius 1 is 1.22 bits per heavy atom. The average molecular weight is 508 g/mol. The molecule has 0 heterocycles. The van der Waals surface area contributed by atoms with Crippen LogP contribution in [0.1, 0.15) is 57.4 Å². The van der Waals surface area contributed by atoms with Crippen molar-refractivity contribution in [1.29, 1.82) is 0 Å². The van der Waals surface area contributed by atoms with E-state index in [1.807, 2.05) is 13.0 Å². The smallest absolute Gasteiger partial charge is 0.238 e. The minimum Gasteiger partial charge on any atom is -0.357 e. The van der Waals surface area contributed by atoms with Crippen molar-refractivity contribution in [1.82, 2.24) is 10.6 Å². The summed E-state index contributed by atoms with van der Waals surface area (Å²) in [5, 5.41) is 11.8. The van der Waals surface area contributed by atoms with E-state index in [4.69, 9.17) is 5.14 Å². The maximum absolute atomic E-state index is 11.4. The Hall–Kier alpha value is -0.870. The standard InChI is InChI=1S/C19H32N4O2S.HI/c1-2-21-19(22-13-6-5-10-16-8-3-4-9-16)23-15-17-11-7-12-18(14-17)26(20,24)25;/h7,11-12,14,16H,2-6,8-10,13,15H2,1H3,(H2,20,24,25)(H2,21,22,23);1H. The Labute approximate surface area is 180 Å². The van der Waals surface area contributed by atoms with Crippen LogP contribution < -0.4 is 15.8 Å². The Morgan fingerprint density at radius 3 is 2.63 bits per heavy atom. The van der Waals surface area contributed by atoms with E-state index in [0.717, 1.165) is 37.0 Å². The lowest BCUT2D eigenvalue weighted by atomic mass is 10.0. The first-order valence-corrected chi connectivity index (χ1v) is 11.2. The van der Waals surface area contributed by atoms with Gasteiger partial charge in [-0.3, -0.25) is 0 Å². The minimum absolute atomic E-state index is 0. The molecule has 0 aliphatic heterocycles. The first-order valence-electron chi connectivity index (χ1n) is 9.63. The van der Waals surface area contributed by atoms with Gasteiger partial charge in [-0.15, -0.1) is 24.0 Å². The molecule has 0 atom stereocenters. The molecular formula is C19H33IN4O2S. The van der Waals surface area contributed by atoms with Gasteiger partial charge in [0.15, 0.2) is 5.96 Å². The molecule has 1 aromatic carbocycles. The second-order valence-corrected chi connectivity index (χ2v) is 8.52. The second-order valence-electron chi connectivity index (χ2n) is 6.96. The quantitative estimate of drug-likeness (QED) is 0.206. The number of nitrogens with one attached hydrogen (secondary N) is 2. The van der Waals surface area contributed by atoms with E-state index in [-0.39, 0.29) is 28.9 Å². The van der Waals surface area contributed by atoms with Gasteiger partial charge in [0.05, 0.1) is 11.4 Å². The molecule has 0 saturated heterocycles. The summed E-state index contributed by atoms with van der Waals surface area (Å²) in [5.74, 6) is 1.71. The van der Waals surface area contributed by atoms with Gasteiger partial charge in [-0.25, -0.2) is 18.5 Å². The first kappa shape index (κ1) is 24.2. The highest BCUT2D eigenvalue weighted by Gasteiger charge is 2.13. The Bertz CT molecular complexity index is 689. The molecule has 0 radical (unpaired) electrons. The van der Waals surface area contributed by atoms with E-state index in [1.165, 1.54) is 44.6 Å². The number of benzene rings is 1. The van der Waals surface area contributed by atoms with E-state index in [2.05, 4.69) is 15.6 Å². The van der Waals surface area contributed by atoms with E-state index in [0.29, 0.717) is 6.54 Å². The van der Waals surface area contributed by atoms with Crippen LogP contribution in [0.3, 0.4) is 0 Å². The lowest BCUT2D eigenvalue weighted by molar-refractivity contribution is 0.472. The lowest BCUT2D eigenvalue weighted by Gasteiger charge is -2.12. The van der Waals surface area contributed by atoms with Crippen LogP contribution in [0.4, 0.5) is 0 Å². The number of hydrogen-bond acceptors (Lipinski definition) is 3. The van der Waals surface area contributed by atoms with Crippen LogP contribution in [-0.4, -0.2) is 27.5 Å². The van der Waals surface area contributed by atoms with Gasteiger partial charge in [-0.2, -0.15) is 0 Å². The summed E-state index contributed by atoms with van der Waals surface area (Å²) in [5.41, 5.74) is 0.815. The summed E-state index contributed by atoms with van der Waals surface area (Å²) >= 11 is 0. The highest BCUT2D eigenvalue weighted by atomic mass is 127. The molecule has 1 aromatic rings. The summed E-state index contributed by atoms with van der Waals surface area (Å²) < 4.78 is 22.9. The largest absolute Gasteiger partial charge is 0.357 e. The van der Waals surface area contributed by atoms with E-state index >= 15 is 0 Å². The van der Waals surface area contributed by atoms with Gasteiger partial charge >= 0.3 is 0 Å². The lowest BCUT2D eigenvalue weighted by Crippen LogP contribution is -2.37. The number of nitrogens with zero attached hydrogens (tertiary/aromatic N) is 1. The second kappa shape index (κ2) is 12.6. The van der Waals surface area contributed by atoms with E-state index < -0.39 is 10.0 Å². The zero-order valence-electron chi connectivity index (χ0n) is 16.1. The number of unbranched alkanes of at least 4 members (excludes halogenated alkanes) is 1. The number of aliphatic imine (C=N–C) groups is 1. The molecule has 4 N–H and O–H groups in total. The molecule has 154 valence electrons. The molecule has 1 fully saturated rings. The van der Waals surface area contributed by atoms with Crippen molar-refractivity contribution in [3.8, 4) is 0 Å². The minimum atomic E-state index is -3.68. The number of halogens is 1. The van der Waals surface area contributed by atoms with Crippen LogP contribution in [0, 0.1) is 5.92 Å². The number of guanidine groups is 1. The summed E-state index contributed by atoms with van der Waals surface area (Å²) in [7, 11) is -3.68. The van der Waals surface area contributed by atoms with Crippen molar-refractivity contribution in [2.45, 2.75) is 63.3 Å². The number of nitrogens with two attached hydrogens (primary N) is 1. The van der Waals surface area contributed by atoms with Crippen molar-refractivity contribution in [2.24, 2.45) is 16.0 Å². The predicted molar refractivity (Wildman–Crippen MR) is 122 cm³/mol. The van der Waals surface area contributed by atoms with Crippen molar-refractivity contribution < 1.29 is 8.42 Å². The van der Waals surface area contributed by atoms with Crippen molar-refractivity contribution in [3.63, 3.8) is 0 Å². The monoisotopic (exact) mass is 508 g/mol. The van der Waals surface area contributed by atoms with Crippen LogP contribution in [0.25, 0.3) is 0 Å². The summed E-state index contributed by atoms with van der Waals surface area (Å²) in [6, 6.07) is 6.61. The molecular weight excluding hydrogens is 475 g/mol. The highest BCUT2D eigenvalue weighted by molar-refractivity contribution is 14.0. The van der Waals surface area contributed by atoms with Gasteiger partial charge in [0.1, 0.15) is 0 Å². The average Bonchev–Trinajstić information content (AvgIpc) is 3.12. The number of sulfonamides is 1. The fourth-order valence-corrected chi connectivity index (χ4v) is 3.98. The van der Waals surface area contributed by atoms with Gasteiger partial charge in [-0.1, -0.05) is 50.7 Å². The fourth-order valence-electron chi connectivity index (χ4n) is 3.40. The van der Waals surface area contributed by atoms with Crippen LogP contribution in [0.15, 0.2) is 34.2 Å². The first-order chi connectivity index (χ1) is 12.5. The number of primary sulfonamides is 1. The third kappa shape index (κ3) is 9.25. The Kier molecular flexibility index (Phi) is 11.2. The number of hydrogen-bond donors (Lipinski definition) is 3. The van der Waals surface area contributed by atoms with Gasteiger partial charge in [0.25, 0.3) is 0 Å². The normalized spacial score (nSPS) is 15.4. The molecule has 0 spiro atoms. The van der Waals surface area contributed by atoms with E-state index in [1.54, 1.807) is 12.1 Å². The summed E-state index contributed by atoms with van der Waals surface area (Å²) in [6.07, 6.45) is 9.38. The fraction of sp³-hybridized carbons (Fsp3) is 0.632. The SMILES string of the molecule is CCNC(=NCc1cccc(S(N)(=O)=O)c1)NCCCCC1CCCC1.I. The zero-order valence-corrected chi connectivity index (χ0v) is 19.3. The molecule has 6 nitrogen and oxygen atoms in total.